The summed E-state index contributed by atoms with van der Waals surface area (Å²) in [5.74, 6) is -0.270. The van der Waals surface area contributed by atoms with Gasteiger partial charge in [0.15, 0.2) is 6.10 Å². The number of methoxy groups -OCH3 is 1. The zero-order valence-corrected chi connectivity index (χ0v) is 6.63. The Hall–Kier alpha value is -0.610. The number of rotatable bonds is 1. The van der Waals surface area contributed by atoms with Gasteiger partial charge in [0.2, 0.25) is 0 Å². The highest BCUT2D eigenvalue weighted by Gasteiger charge is 2.20. The maximum Gasteiger partial charge on any atom is 0.335 e. The summed E-state index contributed by atoms with van der Waals surface area (Å²) in [6.45, 7) is 2.22. The van der Waals surface area contributed by atoms with Crippen LogP contribution in [-0.4, -0.2) is 38.9 Å². The van der Waals surface area contributed by atoms with Crippen LogP contribution in [0.1, 0.15) is 6.42 Å². The van der Waals surface area contributed by atoms with Gasteiger partial charge in [0.05, 0.1) is 13.7 Å². The Morgan fingerprint density at radius 2 is 2.45 bits per heavy atom. The van der Waals surface area contributed by atoms with Crippen LogP contribution in [0.15, 0.2) is 0 Å². The molecule has 1 heterocycles. The molecule has 0 aromatic carbocycles. The molecule has 0 aliphatic carbocycles. The lowest BCUT2D eigenvalue weighted by molar-refractivity contribution is -0.153. The molecule has 1 atom stereocenters. The van der Waals surface area contributed by atoms with Crippen LogP contribution in [0.4, 0.5) is 0 Å². The average molecular weight is 159 g/mol. The summed E-state index contributed by atoms with van der Waals surface area (Å²) < 4.78 is 9.77. The summed E-state index contributed by atoms with van der Waals surface area (Å²) in [4.78, 5) is 10.9. The molecule has 11 heavy (non-hydrogen) atoms. The highest BCUT2D eigenvalue weighted by Crippen LogP contribution is 2.02. The highest BCUT2D eigenvalue weighted by molar-refractivity contribution is 5.74. The van der Waals surface area contributed by atoms with E-state index in [4.69, 9.17) is 4.74 Å². The van der Waals surface area contributed by atoms with Crippen LogP contribution in [0.25, 0.3) is 0 Å². The summed E-state index contributed by atoms with van der Waals surface area (Å²) in [5.41, 5.74) is 0. The van der Waals surface area contributed by atoms with Crippen LogP contribution in [0.3, 0.4) is 0 Å². The number of ether oxygens (including phenoxy) is 2. The minimum atomic E-state index is -0.366. The molecule has 4 heteroatoms. The van der Waals surface area contributed by atoms with E-state index in [-0.39, 0.29) is 12.1 Å². The van der Waals surface area contributed by atoms with E-state index < -0.39 is 0 Å². The van der Waals surface area contributed by atoms with Crippen LogP contribution < -0.4 is 5.32 Å². The molecule has 0 radical (unpaired) electrons. The second kappa shape index (κ2) is 4.31. The second-order valence-electron chi connectivity index (χ2n) is 2.42. The molecule has 1 aliphatic heterocycles. The zero-order chi connectivity index (χ0) is 8.10. The molecule has 0 unspecified atom stereocenters. The number of carbonyl (C=O) groups is 1. The normalized spacial score (nSPS) is 25.7. The van der Waals surface area contributed by atoms with Gasteiger partial charge >= 0.3 is 5.97 Å². The predicted molar refractivity (Wildman–Crippen MR) is 39.2 cm³/mol. The van der Waals surface area contributed by atoms with Crippen molar-refractivity contribution in [3.63, 3.8) is 0 Å². The van der Waals surface area contributed by atoms with Gasteiger partial charge in [-0.05, 0) is 13.0 Å². The van der Waals surface area contributed by atoms with Crippen molar-refractivity contribution in [1.29, 1.82) is 0 Å². The highest BCUT2D eigenvalue weighted by atomic mass is 16.6. The third-order valence-corrected chi connectivity index (χ3v) is 1.65. The molecule has 1 rings (SSSR count). The number of carbonyl (C=O) groups excluding carboxylic acids is 1. The molecule has 0 aromatic rings. The van der Waals surface area contributed by atoms with Gasteiger partial charge in [-0.25, -0.2) is 4.79 Å². The van der Waals surface area contributed by atoms with Crippen molar-refractivity contribution in [1.82, 2.24) is 5.32 Å². The van der Waals surface area contributed by atoms with Crippen LogP contribution >= 0.6 is 0 Å². The lowest BCUT2D eigenvalue weighted by atomic mass is 10.2. The third kappa shape index (κ3) is 2.48. The third-order valence-electron chi connectivity index (χ3n) is 1.65. The number of nitrogens with one attached hydrogen (secondary N) is 1. The molecule has 4 nitrogen and oxygen atoms in total. The smallest absolute Gasteiger partial charge is 0.335 e. The van der Waals surface area contributed by atoms with E-state index in [9.17, 15) is 4.79 Å². The lowest BCUT2D eigenvalue weighted by Gasteiger charge is -2.10. The quantitative estimate of drug-likeness (QED) is 0.526. The van der Waals surface area contributed by atoms with E-state index in [1.165, 1.54) is 7.11 Å². The maximum atomic E-state index is 10.9. The maximum absolute atomic E-state index is 10.9. The summed E-state index contributed by atoms with van der Waals surface area (Å²) in [6, 6.07) is 0. The Kier molecular flexibility index (Phi) is 3.32. The molecule has 0 saturated carbocycles. The van der Waals surface area contributed by atoms with Crippen molar-refractivity contribution in [3.05, 3.63) is 0 Å². The monoisotopic (exact) mass is 159 g/mol. The fourth-order valence-electron chi connectivity index (χ4n) is 1.03. The van der Waals surface area contributed by atoms with E-state index in [0.29, 0.717) is 13.0 Å². The van der Waals surface area contributed by atoms with Crippen molar-refractivity contribution in [3.8, 4) is 0 Å². The Bertz CT molecular complexity index is 130. The summed E-state index contributed by atoms with van der Waals surface area (Å²) in [7, 11) is 1.38. The van der Waals surface area contributed by atoms with E-state index in [1.54, 1.807) is 0 Å². The Labute approximate surface area is 65.9 Å². The standard InChI is InChI=1S/C7H13NO3/c1-10-7(9)6-2-3-8-4-5-11-6/h6,8H,2-5H2,1H3/t6-/m1/s1. The van der Waals surface area contributed by atoms with E-state index in [0.717, 1.165) is 13.1 Å². The topological polar surface area (TPSA) is 47.6 Å². The van der Waals surface area contributed by atoms with Crippen LogP contribution in [0.5, 0.6) is 0 Å². The van der Waals surface area contributed by atoms with Gasteiger partial charge in [0.1, 0.15) is 0 Å². The van der Waals surface area contributed by atoms with E-state index >= 15 is 0 Å². The molecule has 0 amide bonds. The Balaban J connectivity index is 2.36. The molecular formula is C7H13NO3. The molecule has 64 valence electrons. The van der Waals surface area contributed by atoms with Gasteiger partial charge in [0, 0.05) is 6.54 Å². The Morgan fingerprint density at radius 1 is 1.64 bits per heavy atom. The molecule has 0 spiro atoms. The molecular weight excluding hydrogens is 146 g/mol. The van der Waals surface area contributed by atoms with Crippen molar-refractivity contribution >= 4 is 5.97 Å². The van der Waals surface area contributed by atoms with Gasteiger partial charge in [-0.1, -0.05) is 0 Å². The van der Waals surface area contributed by atoms with Crippen molar-refractivity contribution in [2.24, 2.45) is 0 Å². The minimum Gasteiger partial charge on any atom is -0.467 e. The first-order valence-electron chi connectivity index (χ1n) is 3.74. The lowest BCUT2D eigenvalue weighted by Crippen LogP contribution is -2.25. The predicted octanol–water partition coefficient (Wildman–Crippen LogP) is -0.462. The van der Waals surface area contributed by atoms with Crippen molar-refractivity contribution < 1.29 is 14.3 Å². The zero-order valence-electron chi connectivity index (χ0n) is 6.63. The van der Waals surface area contributed by atoms with Crippen LogP contribution in [0.2, 0.25) is 0 Å². The first-order valence-corrected chi connectivity index (χ1v) is 3.74. The van der Waals surface area contributed by atoms with Crippen molar-refractivity contribution in [2.75, 3.05) is 26.8 Å². The fraction of sp³-hybridized carbons (Fsp3) is 0.857. The molecule has 1 N–H and O–H groups in total. The second-order valence-corrected chi connectivity index (χ2v) is 2.42. The fourth-order valence-corrected chi connectivity index (χ4v) is 1.03. The molecule has 1 saturated heterocycles. The van der Waals surface area contributed by atoms with Gasteiger partial charge in [-0.3, -0.25) is 0 Å². The first kappa shape index (κ1) is 8.49. The molecule has 1 fully saturated rings. The van der Waals surface area contributed by atoms with Crippen LogP contribution in [-0.2, 0) is 14.3 Å². The Morgan fingerprint density at radius 3 is 3.18 bits per heavy atom. The van der Waals surface area contributed by atoms with Gasteiger partial charge in [0.25, 0.3) is 0 Å². The number of esters is 1. The number of hydrogen-bond acceptors (Lipinski definition) is 4. The molecule has 0 bridgehead atoms. The van der Waals surface area contributed by atoms with Gasteiger partial charge in [-0.15, -0.1) is 0 Å². The van der Waals surface area contributed by atoms with Crippen molar-refractivity contribution in [2.45, 2.75) is 12.5 Å². The van der Waals surface area contributed by atoms with E-state index in [2.05, 4.69) is 10.1 Å². The van der Waals surface area contributed by atoms with Gasteiger partial charge < -0.3 is 14.8 Å². The minimum absolute atomic E-state index is 0.270. The first-order chi connectivity index (χ1) is 5.34. The summed E-state index contributed by atoms with van der Waals surface area (Å²) >= 11 is 0. The average Bonchev–Trinajstić information content (AvgIpc) is 2.30. The molecule has 0 aromatic heterocycles. The summed E-state index contributed by atoms with van der Waals surface area (Å²) in [5, 5.41) is 3.12. The van der Waals surface area contributed by atoms with Crippen LogP contribution in [0, 0.1) is 0 Å². The SMILES string of the molecule is COC(=O)[C@H]1CCNCCO1. The molecule has 1 aliphatic rings. The summed E-state index contributed by atoms with van der Waals surface area (Å²) in [6.07, 6.45) is 0.335. The largest absolute Gasteiger partial charge is 0.467 e. The van der Waals surface area contributed by atoms with Gasteiger partial charge in [-0.2, -0.15) is 0 Å². The van der Waals surface area contributed by atoms with E-state index in [1.807, 2.05) is 0 Å². The number of hydrogen-bond donors (Lipinski definition) is 1.